The molecule has 0 fully saturated rings. The standard InChI is InChI=1S/C13H18N4/c1-13(2,5-6-14)12-16-9-11(17-12)10-4-3-7-15-8-10/h3-4,7-9H,5-6,14H2,1-2H3,(H,16,17). The second kappa shape index (κ2) is 4.67. The summed E-state index contributed by atoms with van der Waals surface area (Å²) in [5, 5.41) is 0. The first-order valence-corrected chi connectivity index (χ1v) is 5.79. The number of imidazole rings is 1. The van der Waals surface area contributed by atoms with Crippen LogP contribution in [0.15, 0.2) is 30.7 Å². The maximum atomic E-state index is 5.62. The fraction of sp³-hybridized carbons (Fsp3) is 0.385. The van der Waals surface area contributed by atoms with E-state index < -0.39 is 0 Å². The van der Waals surface area contributed by atoms with E-state index in [-0.39, 0.29) is 5.41 Å². The number of nitrogens with two attached hydrogens (primary N) is 1. The highest BCUT2D eigenvalue weighted by atomic mass is 14.9. The van der Waals surface area contributed by atoms with Crippen LogP contribution in [0.5, 0.6) is 0 Å². The van der Waals surface area contributed by atoms with Crippen LogP contribution in [0.2, 0.25) is 0 Å². The number of aromatic amines is 1. The third-order valence-corrected chi connectivity index (χ3v) is 2.96. The fourth-order valence-electron chi connectivity index (χ4n) is 1.81. The van der Waals surface area contributed by atoms with E-state index in [0.29, 0.717) is 6.54 Å². The van der Waals surface area contributed by atoms with Crippen LogP contribution in [-0.2, 0) is 5.41 Å². The largest absolute Gasteiger partial charge is 0.342 e. The van der Waals surface area contributed by atoms with Crippen LogP contribution in [0.3, 0.4) is 0 Å². The van der Waals surface area contributed by atoms with Gasteiger partial charge in [0, 0.05) is 23.4 Å². The van der Waals surface area contributed by atoms with Crippen molar-refractivity contribution in [2.45, 2.75) is 25.7 Å². The summed E-state index contributed by atoms with van der Waals surface area (Å²) < 4.78 is 0. The Labute approximate surface area is 101 Å². The molecule has 3 N–H and O–H groups in total. The molecular weight excluding hydrogens is 212 g/mol. The van der Waals surface area contributed by atoms with Gasteiger partial charge in [0.15, 0.2) is 0 Å². The van der Waals surface area contributed by atoms with E-state index in [2.05, 4.69) is 28.8 Å². The summed E-state index contributed by atoms with van der Waals surface area (Å²) in [6, 6.07) is 3.93. The molecule has 0 aliphatic heterocycles. The number of hydrogen-bond donors (Lipinski definition) is 2. The number of pyridine rings is 1. The van der Waals surface area contributed by atoms with E-state index in [1.54, 1.807) is 6.20 Å². The van der Waals surface area contributed by atoms with Crippen molar-refractivity contribution >= 4 is 0 Å². The molecule has 0 aliphatic rings. The first-order valence-electron chi connectivity index (χ1n) is 5.79. The summed E-state index contributed by atoms with van der Waals surface area (Å²) in [6.45, 7) is 4.95. The number of nitrogens with zero attached hydrogens (tertiary/aromatic N) is 2. The molecule has 0 radical (unpaired) electrons. The van der Waals surface area contributed by atoms with Crippen LogP contribution < -0.4 is 5.73 Å². The van der Waals surface area contributed by atoms with Crippen LogP contribution >= 0.6 is 0 Å². The molecule has 0 bridgehead atoms. The van der Waals surface area contributed by atoms with Crippen LogP contribution in [0.1, 0.15) is 26.1 Å². The van der Waals surface area contributed by atoms with Crippen molar-refractivity contribution in [1.29, 1.82) is 0 Å². The zero-order chi connectivity index (χ0) is 12.3. The highest BCUT2D eigenvalue weighted by molar-refractivity contribution is 5.56. The first kappa shape index (κ1) is 11.8. The molecule has 17 heavy (non-hydrogen) atoms. The van der Waals surface area contributed by atoms with Crippen LogP contribution in [0, 0.1) is 0 Å². The van der Waals surface area contributed by atoms with E-state index in [1.165, 1.54) is 0 Å². The van der Waals surface area contributed by atoms with Gasteiger partial charge in [-0.2, -0.15) is 0 Å². The average Bonchev–Trinajstić information content (AvgIpc) is 2.80. The molecule has 0 aromatic carbocycles. The second-order valence-electron chi connectivity index (χ2n) is 4.81. The molecule has 2 aromatic heterocycles. The normalized spacial score (nSPS) is 11.7. The van der Waals surface area contributed by atoms with Crippen LogP contribution in [-0.4, -0.2) is 21.5 Å². The van der Waals surface area contributed by atoms with Gasteiger partial charge in [0.25, 0.3) is 0 Å². The lowest BCUT2D eigenvalue weighted by Crippen LogP contribution is -2.23. The van der Waals surface area contributed by atoms with E-state index in [1.807, 2.05) is 24.5 Å². The molecular formula is C13H18N4. The van der Waals surface area contributed by atoms with Gasteiger partial charge in [-0.1, -0.05) is 13.8 Å². The summed E-state index contributed by atoms with van der Waals surface area (Å²) in [6.07, 6.45) is 6.35. The lowest BCUT2D eigenvalue weighted by atomic mass is 9.88. The molecule has 0 saturated carbocycles. The Morgan fingerprint density at radius 1 is 1.35 bits per heavy atom. The Kier molecular flexibility index (Phi) is 3.24. The minimum absolute atomic E-state index is 0.0186. The van der Waals surface area contributed by atoms with Gasteiger partial charge in [-0.3, -0.25) is 4.98 Å². The molecule has 0 unspecified atom stereocenters. The van der Waals surface area contributed by atoms with Gasteiger partial charge in [0.05, 0.1) is 11.9 Å². The Bertz CT molecular complexity index is 473. The van der Waals surface area contributed by atoms with Crippen molar-refractivity contribution in [2.24, 2.45) is 5.73 Å². The Morgan fingerprint density at radius 3 is 2.82 bits per heavy atom. The lowest BCUT2D eigenvalue weighted by Gasteiger charge is -2.20. The number of rotatable bonds is 4. The van der Waals surface area contributed by atoms with Gasteiger partial charge in [-0.05, 0) is 25.1 Å². The van der Waals surface area contributed by atoms with Crippen LogP contribution in [0.4, 0.5) is 0 Å². The number of H-pyrrole nitrogens is 1. The maximum absolute atomic E-state index is 5.62. The Hall–Kier alpha value is -1.68. The van der Waals surface area contributed by atoms with Crippen molar-refractivity contribution < 1.29 is 0 Å². The Balaban J connectivity index is 2.28. The van der Waals surface area contributed by atoms with Crippen molar-refractivity contribution in [3.8, 4) is 11.3 Å². The molecule has 2 rings (SSSR count). The van der Waals surface area contributed by atoms with Crippen molar-refractivity contribution in [2.75, 3.05) is 6.54 Å². The van der Waals surface area contributed by atoms with E-state index >= 15 is 0 Å². The zero-order valence-electron chi connectivity index (χ0n) is 10.3. The molecule has 0 saturated heterocycles. The van der Waals surface area contributed by atoms with E-state index in [4.69, 9.17) is 5.73 Å². The molecule has 0 spiro atoms. The summed E-state index contributed by atoms with van der Waals surface area (Å²) in [5.41, 5.74) is 7.65. The Morgan fingerprint density at radius 2 is 2.18 bits per heavy atom. The van der Waals surface area contributed by atoms with Gasteiger partial charge >= 0.3 is 0 Å². The topological polar surface area (TPSA) is 67.6 Å². The van der Waals surface area contributed by atoms with Gasteiger partial charge < -0.3 is 10.7 Å². The predicted octanol–water partition coefficient (Wildman–Crippen LogP) is 2.10. The average molecular weight is 230 g/mol. The fourth-order valence-corrected chi connectivity index (χ4v) is 1.81. The summed E-state index contributed by atoms with van der Waals surface area (Å²) in [4.78, 5) is 11.9. The van der Waals surface area contributed by atoms with Crippen LogP contribution in [0.25, 0.3) is 11.3 Å². The minimum atomic E-state index is -0.0186. The van der Waals surface area contributed by atoms with Gasteiger partial charge in [-0.15, -0.1) is 0 Å². The summed E-state index contributed by atoms with van der Waals surface area (Å²) >= 11 is 0. The molecule has 0 aliphatic carbocycles. The third-order valence-electron chi connectivity index (χ3n) is 2.96. The van der Waals surface area contributed by atoms with E-state index in [0.717, 1.165) is 23.5 Å². The summed E-state index contributed by atoms with van der Waals surface area (Å²) in [7, 11) is 0. The molecule has 0 atom stereocenters. The molecule has 90 valence electrons. The summed E-state index contributed by atoms with van der Waals surface area (Å²) in [5.74, 6) is 0.974. The lowest BCUT2D eigenvalue weighted by molar-refractivity contribution is 0.462. The van der Waals surface area contributed by atoms with Crippen molar-refractivity contribution in [3.05, 3.63) is 36.5 Å². The van der Waals surface area contributed by atoms with Crippen molar-refractivity contribution in [3.63, 3.8) is 0 Å². The molecule has 2 aromatic rings. The highest BCUT2D eigenvalue weighted by Gasteiger charge is 2.23. The maximum Gasteiger partial charge on any atom is 0.112 e. The predicted molar refractivity (Wildman–Crippen MR) is 68.5 cm³/mol. The number of nitrogens with one attached hydrogen (secondary N) is 1. The first-order chi connectivity index (χ1) is 8.13. The molecule has 2 heterocycles. The number of aromatic nitrogens is 3. The third kappa shape index (κ3) is 2.53. The SMILES string of the molecule is CC(C)(CCN)c1ncc(-c2cccnc2)[nH]1. The smallest absolute Gasteiger partial charge is 0.112 e. The van der Waals surface area contributed by atoms with Gasteiger partial charge in [0.2, 0.25) is 0 Å². The van der Waals surface area contributed by atoms with Crippen molar-refractivity contribution in [1.82, 2.24) is 15.0 Å². The minimum Gasteiger partial charge on any atom is -0.342 e. The zero-order valence-corrected chi connectivity index (χ0v) is 10.3. The highest BCUT2D eigenvalue weighted by Crippen LogP contribution is 2.26. The van der Waals surface area contributed by atoms with Gasteiger partial charge in [-0.25, -0.2) is 4.98 Å². The second-order valence-corrected chi connectivity index (χ2v) is 4.81. The molecule has 0 amide bonds. The van der Waals surface area contributed by atoms with E-state index in [9.17, 15) is 0 Å². The quantitative estimate of drug-likeness (QED) is 0.845. The number of hydrogen-bond acceptors (Lipinski definition) is 3. The monoisotopic (exact) mass is 230 g/mol. The van der Waals surface area contributed by atoms with Gasteiger partial charge in [0.1, 0.15) is 5.82 Å². The molecule has 4 heteroatoms. The molecule has 4 nitrogen and oxygen atoms in total.